The predicted molar refractivity (Wildman–Crippen MR) is 104 cm³/mol. The lowest BCUT2D eigenvalue weighted by atomic mass is 10.1. The van der Waals surface area contributed by atoms with Crippen molar-refractivity contribution in [1.82, 2.24) is 4.90 Å². The standard InChI is InChI=1S/C20H20N2O4S/c23-19(21-15-7-8-17-18(11-15)26-10-4-9-25-17)16-12-27-13-22(16)20(24)14-5-2-1-3-6-14/h1-3,5-8,11,16H,4,9-10,12-13H2,(H,21,23)/t16-/m1/s1. The van der Waals surface area contributed by atoms with Crippen molar-refractivity contribution >= 4 is 29.3 Å². The summed E-state index contributed by atoms with van der Waals surface area (Å²) in [5.74, 6) is 2.08. The monoisotopic (exact) mass is 384 g/mol. The molecule has 1 atom stereocenters. The highest BCUT2D eigenvalue weighted by molar-refractivity contribution is 7.99. The van der Waals surface area contributed by atoms with E-state index in [0.29, 0.717) is 47.6 Å². The highest BCUT2D eigenvalue weighted by Gasteiger charge is 2.35. The number of fused-ring (bicyclic) bond motifs is 1. The average Bonchev–Trinajstić information content (AvgIpc) is 3.08. The van der Waals surface area contributed by atoms with Gasteiger partial charge in [0.15, 0.2) is 11.5 Å². The molecule has 27 heavy (non-hydrogen) atoms. The summed E-state index contributed by atoms with van der Waals surface area (Å²) in [5, 5.41) is 2.91. The summed E-state index contributed by atoms with van der Waals surface area (Å²) in [5.41, 5.74) is 1.22. The van der Waals surface area contributed by atoms with Crippen LogP contribution in [0.15, 0.2) is 48.5 Å². The first-order valence-electron chi connectivity index (χ1n) is 8.86. The van der Waals surface area contributed by atoms with Crippen molar-refractivity contribution < 1.29 is 19.1 Å². The van der Waals surface area contributed by atoms with Gasteiger partial charge in [-0.3, -0.25) is 9.59 Å². The second kappa shape index (κ2) is 7.92. The van der Waals surface area contributed by atoms with E-state index in [9.17, 15) is 9.59 Å². The van der Waals surface area contributed by atoms with E-state index in [1.807, 2.05) is 18.2 Å². The van der Waals surface area contributed by atoms with Gasteiger partial charge >= 0.3 is 0 Å². The van der Waals surface area contributed by atoms with Crippen molar-refractivity contribution in [2.75, 3.05) is 30.2 Å². The third-order valence-electron chi connectivity index (χ3n) is 4.48. The van der Waals surface area contributed by atoms with Crippen LogP contribution in [0.3, 0.4) is 0 Å². The molecule has 0 aliphatic carbocycles. The second-order valence-electron chi connectivity index (χ2n) is 6.36. The molecule has 2 heterocycles. The maximum absolute atomic E-state index is 12.8. The van der Waals surface area contributed by atoms with E-state index in [-0.39, 0.29) is 11.8 Å². The number of nitrogens with zero attached hydrogens (tertiary/aromatic N) is 1. The number of anilines is 1. The summed E-state index contributed by atoms with van der Waals surface area (Å²) in [4.78, 5) is 27.2. The number of thioether (sulfide) groups is 1. The number of rotatable bonds is 3. The number of amides is 2. The van der Waals surface area contributed by atoms with Crippen molar-refractivity contribution in [1.29, 1.82) is 0 Å². The van der Waals surface area contributed by atoms with Gasteiger partial charge in [-0.25, -0.2) is 0 Å². The SMILES string of the molecule is O=C(Nc1ccc2c(c1)OCCCO2)[C@H]1CSCN1C(=O)c1ccccc1. The molecule has 6 nitrogen and oxygen atoms in total. The molecule has 0 unspecified atom stereocenters. The van der Waals surface area contributed by atoms with E-state index in [4.69, 9.17) is 9.47 Å². The van der Waals surface area contributed by atoms with Crippen LogP contribution in [0.1, 0.15) is 16.8 Å². The Kier molecular flexibility index (Phi) is 5.20. The molecule has 0 spiro atoms. The number of hydrogen-bond donors (Lipinski definition) is 1. The highest BCUT2D eigenvalue weighted by atomic mass is 32.2. The fraction of sp³-hybridized carbons (Fsp3) is 0.300. The smallest absolute Gasteiger partial charge is 0.255 e. The average molecular weight is 384 g/mol. The Bertz CT molecular complexity index is 843. The van der Waals surface area contributed by atoms with Gasteiger partial charge in [0.2, 0.25) is 5.91 Å². The molecular weight excluding hydrogens is 364 g/mol. The minimum absolute atomic E-state index is 0.126. The minimum atomic E-state index is -0.501. The van der Waals surface area contributed by atoms with E-state index in [2.05, 4.69) is 5.32 Å². The lowest BCUT2D eigenvalue weighted by Crippen LogP contribution is -2.44. The zero-order chi connectivity index (χ0) is 18.6. The van der Waals surface area contributed by atoms with E-state index in [1.54, 1.807) is 47.0 Å². The lowest BCUT2D eigenvalue weighted by Gasteiger charge is -2.23. The van der Waals surface area contributed by atoms with Crippen LogP contribution in [0.4, 0.5) is 5.69 Å². The summed E-state index contributed by atoms with van der Waals surface area (Å²) < 4.78 is 11.3. The molecule has 1 fully saturated rings. The molecule has 7 heteroatoms. The quantitative estimate of drug-likeness (QED) is 0.881. The van der Waals surface area contributed by atoms with Crippen molar-refractivity contribution in [3.05, 3.63) is 54.1 Å². The van der Waals surface area contributed by atoms with Gasteiger partial charge in [-0.1, -0.05) is 18.2 Å². The van der Waals surface area contributed by atoms with Gasteiger partial charge in [0.05, 0.1) is 19.1 Å². The predicted octanol–water partition coefficient (Wildman–Crippen LogP) is 3.00. The van der Waals surface area contributed by atoms with Crippen LogP contribution < -0.4 is 14.8 Å². The number of carbonyl (C=O) groups excluding carboxylic acids is 2. The molecule has 0 aromatic heterocycles. The van der Waals surface area contributed by atoms with Crippen LogP contribution in [-0.2, 0) is 4.79 Å². The first-order chi connectivity index (χ1) is 13.2. The van der Waals surface area contributed by atoms with Crippen LogP contribution in [0.25, 0.3) is 0 Å². The Morgan fingerprint density at radius 3 is 2.63 bits per heavy atom. The van der Waals surface area contributed by atoms with Crippen LogP contribution in [0, 0.1) is 0 Å². The largest absolute Gasteiger partial charge is 0.490 e. The summed E-state index contributed by atoms with van der Waals surface area (Å²) in [6.45, 7) is 1.21. The van der Waals surface area contributed by atoms with Crippen LogP contribution >= 0.6 is 11.8 Å². The topological polar surface area (TPSA) is 67.9 Å². The number of carbonyl (C=O) groups is 2. The summed E-state index contributed by atoms with van der Waals surface area (Å²) >= 11 is 1.58. The molecule has 4 rings (SSSR count). The summed E-state index contributed by atoms with van der Waals surface area (Å²) in [6, 6.07) is 13.9. The van der Waals surface area contributed by atoms with Crippen molar-refractivity contribution in [2.45, 2.75) is 12.5 Å². The Morgan fingerprint density at radius 2 is 1.81 bits per heavy atom. The Morgan fingerprint density at radius 1 is 1.04 bits per heavy atom. The Balaban J connectivity index is 1.47. The summed E-state index contributed by atoms with van der Waals surface area (Å²) in [6.07, 6.45) is 0.826. The molecule has 2 aliphatic rings. The van der Waals surface area contributed by atoms with Gasteiger partial charge < -0.3 is 19.7 Å². The van der Waals surface area contributed by atoms with Crippen molar-refractivity contribution in [2.24, 2.45) is 0 Å². The molecule has 0 saturated carbocycles. The number of nitrogens with one attached hydrogen (secondary N) is 1. The normalized spacial score (nSPS) is 18.7. The van der Waals surface area contributed by atoms with Crippen LogP contribution in [0.5, 0.6) is 11.5 Å². The maximum Gasteiger partial charge on any atom is 0.255 e. The van der Waals surface area contributed by atoms with Crippen LogP contribution in [0.2, 0.25) is 0 Å². The van der Waals surface area contributed by atoms with Gasteiger partial charge in [-0.15, -0.1) is 11.8 Å². The van der Waals surface area contributed by atoms with E-state index < -0.39 is 6.04 Å². The van der Waals surface area contributed by atoms with Gasteiger partial charge in [0.1, 0.15) is 6.04 Å². The molecule has 2 aromatic rings. The zero-order valence-corrected chi connectivity index (χ0v) is 15.5. The lowest BCUT2D eigenvalue weighted by molar-refractivity contribution is -0.119. The van der Waals surface area contributed by atoms with Gasteiger partial charge in [0, 0.05) is 29.5 Å². The number of ether oxygens (including phenoxy) is 2. The highest BCUT2D eigenvalue weighted by Crippen LogP contribution is 2.32. The van der Waals surface area contributed by atoms with E-state index >= 15 is 0 Å². The van der Waals surface area contributed by atoms with Gasteiger partial charge in [0.25, 0.3) is 5.91 Å². The molecule has 1 saturated heterocycles. The van der Waals surface area contributed by atoms with E-state index in [0.717, 1.165) is 6.42 Å². The fourth-order valence-electron chi connectivity index (χ4n) is 3.07. The molecule has 2 amide bonds. The fourth-order valence-corrected chi connectivity index (χ4v) is 4.23. The molecule has 2 aliphatic heterocycles. The number of benzene rings is 2. The minimum Gasteiger partial charge on any atom is -0.490 e. The maximum atomic E-state index is 12.8. The van der Waals surface area contributed by atoms with Gasteiger partial charge in [-0.2, -0.15) is 0 Å². The molecule has 0 bridgehead atoms. The molecular formula is C20H20N2O4S. The zero-order valence-electron chi connectivity index (χ0n) is 14.7. The first kappa shape index (κ1) is 17.7. The Labute approximate surface area is 161 Å². The van der Waals surface area contributed by atoms with Crippen molar-refractivity contribution in [3.63, 3.8) is 0 Å². The molecule has 2 aromatic carbocycles. The third-order valence-corrected chi connectivity index (χ3v) is 5.49. The van der Waals surface area contributed by atoms with Crippen molar-refractivity contribution in [3.8, 4) is 11.5 Å². The number of hydrogen-bond acceptors (Lipinski definition) is 5. The molecule has 140 valence electrons. The Hall–Kier alpha value is -2.67. The van der Waals surface area contributed by atoms with Crippen LogP contribution in [-0.4, -0.2) is 47.6 Å². The van der Waals surface area contributed by atoms with E-state index in [1.165, 1.54) is 0 Å². The van der Waals surface area contributed by atoms with Gasteiger partial charge in [-0.05, 0) is 24.3 Å². The second-order valence-corrected chi connectivity index (χ2v) is 7.36. The summed E-state index contributed by atoms with van der Waals surface area (Å²) in [7, 11) is 0. The molecule has 1 N–H and O–H groups in total. The molecule has 0 radical (unpaired) electrons. The first-order valence-corrected chi connectivity index (χ1v) is 10.0. The third kappa shape index (κ3) is 3.88.